The van der Waals surface area contributed by atoms with Gasteiger partial charge in [0.15, 0.2) is 0 Å². The van der Waals surface area contributed by atoms with Gasteiger partial charge in [0.2, 0.25) is 0 Å². The second-order valence-electron chi connectivity index (χ2n) is 6.01. The summed E-state index contributed by atoms with van der Waals surface area (Å²) in [5.41, 5.74) is 1.12. The molecule has 3 N–H and O–H groups in total. The molecule has 0 saturated carbocycles. The zero-order chi connectivity index (χ0) is 17.4. The van der Waals surface area contributed by atoms with Gasteiger partial charge in [-0.15, -0.1) is 11.3 Å². The molecule has 25 heavy (non-hydrogen) atoms. The van der Waals surface area contributed by atoms with Crippen LogP contribution >= 0.6 is 11.3 Å². The first-order valence-electron chi connectivity index (χ1n) is 8.12. The average Bonchev–Trinajstić information content (AvgIpc) is 3.17. The molecule has 1 aliphatic rings. The quantitative estimate of drug-likeness (QED) is 0.609. The molecule has 128 valence electrons. The Morgan fingerprint density at radius 1 is 1.16 bits per heavy atom. The summed E-state index contributed by atoms with van der Waals surface area (Å²) >= 11 is 1.74. The zero-order valence-electron chi connectivity index (χ0n) is 13.3. The van der Waals surface area contributed by atoms with Crippen LogP contribution in [-0.2, 0) is 19.3 Å². The monoisotopic (exact) mass is 356 g/mol. The Balaban J connectivity index is 1.43. The molecular weight excluding hydrogens is 340 g/mol. The molecule has 2 aromatic heterocycles. The molecule has 0 bridgehead atoms. The molecule has 3 aromatic rings. The highest BCUT2D eigenvalue weighted by Crippen LogP contribution is 2.27. The van der Waals surface area contributed by atoms with Crippen LogP contribution in [0.3, 0.4) is 0 Å². The van der Waals surface area contributed by atoms with Crippen molar-refractivity contribution >= 4 is 28.3 Å². The first-order chi connectivity index (χ1) is 12.1. The molecule has 8 heteroatoms. The number of thiazole rings is 1. The summed E-state index contributed by atoms with van der Waals surface area (Å²) in [5, 5.41) is 3.93. The van der Waals surface area contributed by atoms with Crippen molar-refractivity contribution in [3.63, 3.8) is 0 Å². The van der Waals surface area contributed by atoms with Gasteiger partial charge in [-0.25, -0.2) is 4.98 Å². The summed E-state index contributed by atoms with van der Waals surface area (Å²) in [6.07, 6.45) is 4.09. The van der Waals surface area contributed by atoms with Crippen molar-refractivity contribution in [2.45, 2.75) is 25.7 Å². The standard InChI is InChI=1S/C17H16N4O3S/c22-15(18-7-6-14-19-11-2-1-3-13(11)25-14)9-4-5-10-12(8-9)21-17(24)16(23)20-10/h4-5,8H,1-3,6-7H2,(H,18,22)(H,20,23)(H,21,24). The zero-order valence-corrected chi connectivity index (χ0v) is 14.2. The Labute approximate surface area is 146 Å². The van der Waals surface area contributed by atoms with E-state index in [4.69, 9.17) is 0 Å². The van der Waals surface area contributed by atoms with E-state index in [1.807, 2.05) is 0 Å². The van der Waals surface area contributed by atoms with E-state index in [0.29, 0.717) is 29.6 Å². The number of rotatable bonds is 4. The molecule has 0 spiro atoms. The number of carbonyl (C=O) groups excluding carboxylic acids is 1. The Morgan fingerprint density at radius 3 is 2.76 bits per heavy atom. The van der Waals surface area contributed by atoms with Crippen LogP contribution in [0.1, 0.15) is 32.4 Å². The summed E-state index contributed by atoms with van der Waals surface area (Å²) in [5.74, 6) is -0.224. The molecule has 0 atom stereocenters. The van der Waals surface area contributed by atoms with Crippen molar-refractivity contribution < 1.29 is 4.79 Å². The van der Waals surface area contributed by atoms with E-state index in [2.05, 4.69) is 20.3 Å². The molecule has 0 unspecified atom stereocenters. The second kappa shape index (κ2) is 6.29. The average molecular weight is 356 g/mol. The van der Waals surface area contributed by atoms with Crippen LogP contribution in [0, 0.1) is 0 Å². The van der Waals surface area contributed by atoms with Crippen molar-refractivity contribution in [3.8, 4) is 0 Å². The van der Waals surface area contributed by atoms with Gasteiger partial charge in [-0.3, -0.25) is 14.4 Å². The number of nitrogens with zero attached hydrogens (tertiary/aromatic N) is 1. The van der Waals surface area contributed by atoms with Crippen molar-refractivity contribution in [2.75, 3.05) is 6.54 Å². The van der Waals surface area contributed by atoms with Crippen LogP contribution in [0.5, 0.6) is 0 Å². The lowest BCUT2D eigenvalue weighted by molar-refractivity contribution is 0.0954. The third-order valence-corrected chi connectivity index (χ3v) is 5.47. The lowest BCUT2D eigenvalue weighted by Crippen LogP contribution is -2.29. The molecule has 4 rings (SSSR count). The van der Waals surface area contributed by atoms with E-state index >= 15 is 0 Å². The van der Waals surface area contributed by atoms with Gasteiger partial charge in [-0.2, -0.15) is 0 Å². The molecule has 1 aliphatic carbocycles. The number of hydrogen-bond acceptors (Lipinski definition) is 5. The molecule has 2 heterocycles. The Hall–Kier alpha value is -2.74. The van der Waals surface area contributed by atoms with Gasteiger partial charge in [-0.05, 0) is 37.5 Å². The van der Waals surface area contributed by atoms with Crippen LogP contribution < -0.4 is 16.4 Å². The van der Waals surface area contributed by atoms with Crippen molar-refractivity contribution in [1.82, 2.24) is 20.3 Å². The number of benzene rings is 1. The van der Waals surface area contributed by atoms with Crippen LogP contribution in [0.15, 0.2) is 27.8 Å². The summed E-state index contributed by atoms with van der Waals surface area (Å²) in [7, 11) is 0. The van der Waals surface area contributed by atoms with Gasteiger partial charge in [0.25, 0.3) is 5.91 Å². The number of fused-ring (bicyclic) bond motifs is 2. The van der Waals surface area contributed by atoms with Gasteiger partial charge in [0, 0.05) is 23.4 Å². The van der Waals surface area contributed by atoms with Crippen molar-refractivity contribution in [3.05, 3.63) is 60.0 Å². The maximum absolute atomic E-state index is 12.3. The predicted octanol–water partition coefficient (Wildman–Crippen LogP) is 1.13. The minimum atomic E-state index is -0.734. The third-order valence-electron chi connectivity index (χ3n) is 4.25. The van der Waals surface area contributed by atoms with Crippen LogP contribution in [0.4, 0.5) is 0 Å². The molecule has 0 radical (unpaired) electrons. The summed E-state index contributed by atoms with van der Waals surface area (Å²) < 4.78 is 0. The Bertz CT molecular complexity index is 1060. The first-order valence-corrected chi connectivity index (χ1v) is 8.94. The number of aromatic amines is 2. The molecular formula is C17H16N4O3S. The van der Waals surface area contributed by atoms with E-state index in [-0.39, 0.29) is 5.91 Å². The minimum Gasteiger partial charge on any atom is -0.352 e. The van der Waals surface area contributed by atoms with E-state index in [1.54, 1.807) is 29.5 Å². The van der Waals surface area contributed by atoms with Crippen LogP contribution in [-0.4, -0.2) is 27.4 Å². The number of amides is 1. The summed E-state index contributed by atoms with van der Waals surface area (Å²) in [6, 6.07) is 4.77. The second-order valence-corrected chi connectivity index (χ2v) is 7.17. The third kappa shape index (κ3) is 3.12. The fraction of sp³-hybridized carbons (Fsp3) is 0.294. The van der Waals surface area contributed by atoms with Crippen LogP contribution in [0.2, 0.25) is 0 Å². The Kier molecular flexibility index (Phi) is 3.96. The molecule has 7 nitrogen and oxygen atoms in total. The number of aryl methyl sites for hydroxylation is 2. The lowest BCUT2D eigenvalue weighted by atomic mass is 10.2. The highest BCUT2D eigenvalue weighted by Gasteiger charge is 2.16. The minimum absolute atomic E-state index is 0.224. The molecule has 1 aromatic carbocycles. The topological polar surface area (TPSA) is 108 Å². The number of nitrogens with one attached hydrogen (secondary N) is 3. The maximum Gasteiger partial charge on any atom is 0.314 e. The van der Waals surface area contributed by atoms with Gasteiger partial charge in [0.05, 0.1) is 21.7 Å². The van der Waals surface area contributed by atoms with Crippen molar-refractivity contribution in [2.24, 2.45) is 0 Å². The molecule has 0 fully saturated rings. The van der Waals surface area contributed by atoms with Crippen LogP contribution in [0.25, 0.3) is 11.0 Å². The number of H-pyrrole nitrogens is 2. The van der Waals surface area contributed by atoms with Gasteiger partial charge in [-0.1, -0.05) is 0 Å². The first kappa shape index (κ1) is 15.8. The molecule has 0 saturated heterocycles. The normalized spacial score (nSPS) is 13.1. The predicted molar refractivity (Wildman–Crippen MR) is 95.4 cm³/mol. The molecule has 1 amide bonds. The summed E-state index contributed by atoms with van der Waals surface area (Å²) in [4.78, 5) is 45.9. The molecule has 0 aliphatic heterocycles. The number of carbonyl (C=O) groups is 1. The highest BCUT2D eigenvalue weighted by atomic mass is 32.1. The number of aromatic nitrogens is 3. The highest BCUT2D eigenvalue weighted by molar-refractivity contribution is 7.11. The Morgan fingerprint density at radius 2 is 1.96 bits per heavy atom. The van der Waals surface area contributed by atoms with E-state index in [1.165, 1.54) is 17.0 Å². The van der Waals surface area contributed by atoms with E-state index in [0.717, 1.165) is 17.8 Å². The van der Waals surface area contributed by atoms with Gasteiger partial charge >= 0.3 is 11.1 Å². The lowest BCUT2D eigenvalue weighted by Gasteiger charge is -2.05. The van der Waals surface area contributed by atoms with Crippen molar-refractivity contribution in [1.29, 1.82) is 0 Å². The number of hydrogen-bond donors (Lipinski definition) is 3. The fourth-order valence-corrected chi connectivity index (χ4v) is 4.15. The van der Waals surface area contributed by atoms with Gasteiger partial charge < -0.3 is 15.3 Å². The van der Waals surface area contributed by atoms with Gasteiger partial charge in [0.1, 0.15) is 0 Å². The van der Waals surface area contributed by atoms with E-state index in [9.17, 15) is 14.4 Å². The van der Waals surface area contributed by atoms with E-state index < -0.39 is 11.1 Å². The largest absolute Gasteiger partial charge is 0.352 e. The SMILES string of the molecule is O=C(NCCc1nc2c(s1)CCC2)c1ccc2[nH]c(=O)c(=O)[nH]c2c1. The maximum atomic E-state index is 12.3. The summed E-state index contributed by atoms with van der Waals surface area (Å²) in [6.45, 7) is 0.505. The fourth-order valence-electron chi connectivity index (χ4n) is 2.99. The smallest absolute Gasteiger partial charge is 0.314 e.